The van der Waals surface area contributed by atoms with Crippen LogP contribution in [0.15, 0.2) is 18.3 Å². The maximum Gasteiger partial charge on any atom is 0.131 e. The van der Waals surface area contributed by atoms with E-state index in [1.54, 1.807) is 6.20 Å². The van der Waals surface area contributed by atoms with Crippen LogP contribution in [0, 0.1) is 0 Å². The summed E-state index contributed by atoms with van der Waals surface area (Å²) in [6.45, 7) is 2.06. The number of aromatic nitrogens is 1. The first-order chi connectivity index (χ1) is 5.29. The molecule has 0 saturated carbocycles. The molecule has 0 spiro atoms. The first-order valence-corrected chi connectivity index (χ1v) is 3.76. The van der Waals surface area contributed by atoms with Gasteiger partial charge in [0.1, 0.15) is 5.82 Å². The second-order valence-electron chi connectivity index (χ2n) is 2.90. The van der Waals surface area contributed by atoms with Gasteiger partial charge < -0.3 is 11.1 Å². The predicted molar refractivity (Wildman–Crippen MR) is 44.3 cm³/mol. The van der Waals surface area contributed by atoms with E-state index in [-0.39, 0.29) is 6.04 Å². The molecule has 2 rings (SSSR count). The molecule has 1 aliphatic rings. The van der Waals surface area contributed by atoms with Crippen molar-refractivity contribution in [2.45, 2.75) is 19.0 Å². The molecule has 3 nitrogen and oxygen atoms in total. The van der Waals surface area contributed by atoms with Crippen molar-refractivity contribution in [3.05, 3.63) is 23.9 Å². The minimum Gasteiger partial charge on any atom is -0.365 e. The van der Waals surface area contributed by atoms with Gasteiger partial charge in [-0.15, -0.1) is 0 Å². The zero-order valence-corrected chi connectivity index (χ0v) is 6.41. The Kier molecular flexibility index (Phi) is 1.32. The fourth-order valence-electron chi connectivity index (χ4n) is 1.38. The fraction of sp³-hybridized carbons (Fsp3) is 0.375. The van der Waals surface area contributed by atoms with E-state index in [1.807, 2.05) is 12.1 Å². The quantitative estimate of drug-likeness (QED) is 0.576. The largest absolute Gasteiger partial charge is 0.365 e. The Labute approximate surface area is 65.6 Å². The molecular weight excluding hydrogens is 138 g/mol. The Morgan fingerprint density at radius 3 is 3.18 bits per heavy atom. The van der Waals surface area contributed by atoms with Crippen molar-refractivity contribution in [3.8, 4) is 0 Å². The van der Waals surface area contributed by atoms with Gasteiger partial charge in [0.25, 0.3) is 0 Å². The van der Waals surface area contributed by atoms with Crippen LogP contribution in [0.5, 0.6) is 0 Å². The Morgan fingerprint density at radius 1 is 1.64 bits per heavy atom. The molecule has 2 unspecified atom stereocenters. The number of rotatable bonds is 0. The average Bonchev–Trinajstić information content (AvgIpc) is 2.30. The molecule has 0 aromatic carbocycles. The Balaban J connectivity index is 2.47. The van der Waals surface area contributed by atoms with Crippen molar-refractivity contribution < 1.29 is 0 Å². The summed E-state index contributed by atoms with van der Waals surface area (Å²) in [7, 11) is 0. The monoisotopic (exact) mass is 149 g/mol. The summed E-state index contributed by atoms with van der Waals surface area (Å²) >= 11 is 0. The molecule has 11 heavy (non-hydrogen) atoms. The summed E-state index contributed by atoms with van der Waals surface area (Å²) < 4.78 is 0. The third-order valence-corrected chi connectivity index (χ3v) is 2.10. The van der Waals surface area contributed by atoms with E-state index >= 15 is 0 Å². The normalized spacial score (nSPS) is 27.8. The molecule has 58 valence electrons. The molecule has 1 aromatic heterocycles. The number of anilines is 1. The van der Waals surface area contributed by atoms with Gasteiger partial charge in [-0.25, -0.2) is 4.98 Å². The van der Waals surface area contributed by atoms with Gasteiger partial charge in [-0.1, -0.05) is 6.07 Å². The highest BCUT2D eigenvalue weighted by molar-refractivity contribution is 5.52. The van der Waals surface area contributed by atoms with E-state index in [2.05, 4.69) is 17.2 Å². The number of nitrogens with zero attached hydrogens (tertiary/aromatic N) is 1. The van der Waals surface area contributed by atoms with Crippen molar-refractivity contribution >= 4 is 5.82 Å². The molecule has 2 heterocycles. The lowest BCUT2D eigenvalue weighted by molar-refractivity contribution is 0.661. The van der Waals surface area contributed by atoms with Crippen molar-refractivity contribution in [1.29, 1.82) is 0 Å². The van der Waals surface area contributed by atoms with Gasteiger partial charge in [-0.3, -0.25) is 0 Å². The predicted octanol–water partition coefficient (Wildman–Crippen LogP) is 0.895. The summed E-state index contributed by atoms with van der Waals surface area (Å²) in [6.07, 6.45) is 1.77. The second kappa shape index (κ2) is 2.20. The topological polar surface area (TPSA) is 50.9 Å². The summed E-state index contributed by atoms with van der Waals surface area (Å²) in [5, 5.41) is 3.21. The molecule has 0 radical (unpaired) electrons. The maximum absolute atomic E-state index is 5.89. The zero-order chi connectivity index (χ0) is 7.84. The molecule has 3 N–H and O–H groups in total. The fourth-order valence-corrected chi connectivity index (χ4v) is 1.38. The number of nitrogens with two attached hydrogens (primary N) is 1. The molecule has 0 bridgehead atoms. The van der Waals surface area contributed by atoms with E-state index in [1.165, 1.54) is 0 Å². The first kappa shape index (κ1) is 6.61. The molecular formula is C8H11N3. The summed E-state index contributed by atoms with van der Waals surface area (Å²) in [5.41, 5.74) is 7.01. The summed E-state index contributed by atoms with van der Waals surface area (Å²) in [4.78, 5) is 4.17. The van der Waals surface area contributed by atoms with Gasteiger partial charge in [-0.2, -0.15) is 0 Å². The van der Waals surface area contributed by atoms with E-state index in [0.717, 1.165) is 11.4 Å². The SMILES string of the molecule is CC1Nc2ncccc2C1N. The molecule has 0 saturated heterocycles. The third kappa shape index (κ3) is 0.886. The van der Waals surface area contributed by atoms with E-state index in [4.69, 9.17) is 5.73 Å². The number of hydrogen-bond acceptors (Lipinski definition) is 3. The first-order valence-electron chi connectivity index (χ1n) is 3.76. The smallest absolute Gasteiger partial charge is 0.131 e. The number of pyridine rings is 1. The second-order valence-corrected chi connectivity index (χ2v) is 2.90. The highest BCUT2D eigenvalue weighted by Gasteiger charge is 2.25. The lowest BCUT2D eigenvalue weighted by Crippen LogP contribution is -2.22. The number of fused-ring (bicyclic) bond motifs is 1. The molecule has 3 heteroatoms. The average molecular weight is 149 g/mol. The highest BCUT2D eigenvalue weighted by Crippen LogP contribution is 2.29. The molecule has 2 atom stereocenters. The van der Waals surface area contributed by atoms with E-state index < -0.39 is 0 Å². The zero-order valence-electron chi connectivity index (χ0n) is 6.41. The third-order valence-electron chi connectivity index (χ3n) is 2.10. The van der Waals surface area contributed by atoms with Crippen LogP contribution in [0.4, 0.5) is 5.82 Å². The molecule has 0 aliphatic carbocycles. The van der Waals surface area contributed by atoms with Crippen LogP contribution < -0.4 is 11.1 Å². The molecule has 1 aliphatic heterocycles. The van der Waals surface area contributed by atoms with Gasteiger partial charge in [0.15, 0.2) is 0 Å². The standard InChI is InChI=1S/C8H11N3/c1-5-7(9)6-3-2-4-10-8(6)11-5/h2-5,7H,9H2,1H3,(H,10,11). The van der Waals surface area contributed by atoms with Gasteiger partial charge in [0.05, 0.1) is 6.04 Å². The minimum atomic E-state index is 0.0960. The minimum absolute atomic E-state index is 0.0960. The van der Waals surface area contributed by atoms with E-state index in [9.17, 15) is 0 Å². The van der Waals surface area contributed by atoms with Crippen LogP contribution in [0.2, 0.25) is 0 Å². The summed E-state index contributed by atoms with van der Waals surface area (Å²) in [5.74, 6) is 0.938. The van der Waals surface area contributed by atoms with Crippen molar-refractivity contribution in [2.24, 2.45) is 5.73 Å². The Bertz CT molecular complexity index is 272. The van der Waals surface area contributed by atoms with E-state index in [0.29, 0.717) is 6.04 Å². The lowest BCUT2D eigenvalue weighted by atomic mass is 10.1. The number of nitrogens with one attached hydrogen (secondary N) is 1. The Hall–Kier alpha value is -1.09. The van der Waals surface area contributed by atoms with Crippen LogP contribution in [0.1, 0.15) is 18.5 Å². The molecule has 0 amide bonds. The van der Waals surface area contributed by atoms with Crippen LogP contribution in [0.25, 0.3) is 0 Å². The summed E-state index contributed by atoms with van der Waals surface area (Å²) in [6, 6.07) is 4.33. The van der Waals surface area contributed by atoms with Crippen LogP contribution in [-0.2, 0) is 0 Å². The van der Waals surface area contributed by atoms with Gasteiger partial charge in [0.2, 0.25) is 0 Å². The van der Waals surface area contributed by atoms with Crippen LogP contribution in [0.3, 0.4) is 0 Å². The van der Waals surface area contributed by atoms with Gasteiger partial charge in [-0.05, 0) is 13.0 Å². The highest BCUT2D eigenvalue weighted by atomic mass is 15.1. The van der Waals surface area contributed by atoms with Crippen LogP contribution in [-0.4, -0.2) is 11.0 Å². The number of hydrogen-bond donors (Lipinski definition) is 2. The van der Waals surface area contributed by atoms with Crippen LogP contribution >= 0.6 is 0 Å². The van der Waals surface area contributed by atoms with Crippen molar-refractivity contribution in [2.75, 3.05) is 5.32 Å². The maximum atomic E-state index is 5.89. The Morgan fingerprint density at radius 2 is 2.45 bits per heavy atom. The lowest BCUT2D eigenvalue weighted by Gasteiger charge is -2.08. The van der Waals surface area contributed by atoms with Crippen molar-refractivity contribution in [1.82, 2.24) is 4.98 Å². The molecule has 1 aromatic rings. The van der Waals surface area contributed by atoms with Gasteiger partial charge in [0, 0.05) is 17.8 Å². The van der Waals surface area contributed by atoms with Gasteiger partial charge >= 0.3 is 0 Å². The van der Waals surface area contributed by atoms with Crippen molar-refractivity contribution in [3.63, 3.8) is 0 Å². The molecule has 0 fully saturated rings.